The average molecular weight is 323 g/mol. The van der Waals surface area contributed by atoms with Gasteiger partial charge in [0.25, 0.3) is 0 Å². The van der Waals surface area contributed by atoms with E-state index in [0.717, 1.165) is 5.56 Å². The van der Waals surface area contributed by atoms with Crippen LogP contribution in [0.5, 0.6) is 0 Å². The predicted octanol–water partition coefficient (Wildman–Crippen LogP) is 2.01. The van der Waals surface area contributed by atoms with Crippen molar-refractivity contribution in [1.29, 1.82) is 0 Å². The molecule has 0 aliphatic carbocycles. The van der Waals surface area contributed by atoms with E-state index in [4.69, 9.17) is 19.9 Å². The number of nitrogens with two attached hydrogens (primary N) is 1. The van der Waals surface area contributed by atoms with Crippen LogP contribution in [0.4, 0.5) is 0 Å². The third kappa shape index (κ3) is 7.25. The van der Waals surface area contributed by atoms with E-state index in [0.29, 0.717) is 0 Å². The number of rotatable bonds is 7. The van der Waals surface area contributed by atoms with Crippen LogP contribution in [0.2, 0.25) is 0 Å². The third-order valence-corrected chi connectivity index (χ3v) is 3.01. The number of esters is 2. The molecule has 0 aromatic heterocycles. The van der Waals surface area contributed by atoms with E-state index in [9.17, 15) is 9.59 Å². The monoisotopic (exact) mass is 323 g/mol. The number of methoxy groups -OCH3 is 1. The first kappa shape index (κ1) is 19.1. The normalized spacial score (nSPS) is 14.0. The lowest BCUT2D eigenvalue weighted by Gasteiger charge is -2.26. The van der Waals surface area contributed by atoms with E-state index in [1.54, 1.807) is 20.8 Å². The molecule has 2 atom stereocenters. The number of ether oxygens (including phenoxy) is 3. The molecule has 0 saturated heterocycles. The number of hydrogen-bond donors (Lipinski definition) is 1. The summed E-state index contributed by atoms with van der Waals surface area (Å²) in [6.07, 6.45) is -1.13. The van der Waals surface area contributed by atoms with Gasteiger partial charge >= 0.3 is 11.9 Å². The fourth-order valence-corrected chi connectivity index (χ4v) is 1.85. The van der Waals surface area contributed by atoms with Gasteiger partial charge in [-0.15, -0.1) is 0 Å². The van der Waals surface area contributed by atoms with Gasteiger partial charge in [-0.25, -0.2) is 0 Å². The lowest BCUT2D eigenvalue weighted by molar-refractivity contribution is -0.169. The van der Waals surface area contributed by atoms with Gasteiger partial charge in [-0.2, -0.15) is 0 Å². The van der Waals surface area contributed by atoms with Gasteiger partial charge in [-0.05, 0) is 26.3 Å². The van der Waals surface area contributed by atoms with Crippen LogP contribution in [0, 0.1) is 5.92 Å². The second-order valence-electron chi connectivity index (χ2n) is 6.19. The first-order chi connectivity index (χ1) is 10.7. The zero-order valence-corrected chi connectivity index (χ0v) is 14.1. The maximum atomic E-state index is 12.2. The summed E-state index contributed by atoms with van der Waals surface area (Å²) in [6.45, 7) is 5.37. The van der Waals surface area contributed by atoms with Crippen molar-refractivity contribution < 1.29 is 23.8 Å². The molecule has 0 heterocycles. The zero-order valence-electron chi connectivity index (χ0n) is 14.1. The molecule has 0 radical (unpaired) electrons. The van der Waals surface area contributed by atoms with Crippen molar-refractivity contribution >= 4 is 11.9 Å². The summed E-state index contributed by atoms with van der Waals surface area (Å²) in [6, 6.07) is 9.28. The van der Waals surface area contributed by atoms with Crippen molar-refractivity contribution in [2.75, 3.05) is 7.11 Å². The van der Waals surface area contributed by atoms with Crippen molar-refractivity contribution in [3.8, 4) is 0 Å². The Morgan fingerprint density at radius 3 is 2.30 bits per heavy atom. The first-order valence-corrected chi connectivity index (χ1v) is 7.43. The van der Waals surface area contributed by atoms with Crippen LogP contribution in [-0.2, 0) is 30.4 Å². The molecule has 128 valence electrons. The minimum atomic E-state index is -0.936. The molecule has 23 heavy (non-hydrogen) atoms. The van der Waals surface area contributed by atoms with E-state index in [2.05, 4.69) is 0 Å². The molecule has 0 aliphatic rings. The quantitative estimate of drug-likeness (QED) is 0.610. The molecule has 1 aromatic rings. The summed E-state index contributed by atoms with van der Waals surface area (Å²) in [4.78, 5) is 24.2. The lowest BCUT2D eigenvalue weighted by atomic mass is 10.0. The zero-order chi connectivity index (χ0) is 17.5. The van der Waals surface area contributed by atoms with Crippen molar-refractivity contribution in [2.24, 2.45) is 11.7 Å². The Labute approximate surface area is 136 Å². The molecule has 0 amide bonds. The van der Waals surface area contributed by atoms with Crippen LogP contribution in [0.15, 0.2) is 30.3 Å². The highest BCUT2D eigenvalue weighted by atomic mass is 16.6. The standard InChI is InChI=1S/C17H25NO5/c1-17(2,3)23-16(20)13(15(18)21-4)10-14(19)22-11-12-8-6-5-7-9-12/h5-9,13,15H,10-11,18H2,1-4H3. The van der Waals surface area contributed by atoms with Gasteiger partial charge in [0, 0.05) is 7.11 Å². The summed E-state index contributed by atoms with van der Waals surface area (Å²) in [5, 5.41) is 0. The summed E-state index contributed by atoms with van der Waals surface area (Å²) in [7, 11) is 1.37. The Bertz CT molecular complexity index is 509. The fraction of sp³-hybridized carbons (Fsp3) is 0.529. The van der Waals surface area contributed by atoms with Gasteiger partial charge in [0.05, 0.1) is 6.42 Å². The number of carbonyl (C=O) groups is 2. The van der Waals surface area contributed by atoms with Gasteiger partial charge in [0.2, 0.25) is 0 Å². The second-order valence-corrected chi connectivity index (χ2v) is 6.19. The number of benzene rings is 1. The topological polar surface area (TPSA) is 87.9 Å². The van der Waals surface area contributed by atoms with Crippen LogP contribution in [0.3, 0.4) is 0 Å². The Kier molecular flexibility index (Phi) is 7.19. The molecular formula is C17H25NO5. The van der Waals surface area contributed by atoms with E-state index in [1.807, 2.05) is 30.3 Å². The van der Waals surface area contributed by atoms with Gasteiger partial charge in [0.15, 0.2) is 0 Å². The molecule has 0 fully saturated rings. The van der Waals surface area contributed by atoms with E-state index >= 15 is 0 Å². The fourth-order valence-electron chi connectivity index (χ4n) is 1.85. The first-order valence-electron chi connectivity index (χ1n) is 7.43. The summed E-state index contributed by atoms with van der Waals surface area (Å²) in [5.41, 5.74) is 5.96. The van der Waals surface area contributed by atoms with Crippen LogP contribution in [0.1, 0.15) is 32.8 Å². The Hall–Kier alpha value is -1.92. The predicted molar refractivity (Wildman–Crippen MR) is 85.2 cm³/mol. The minimum Gasteiger partial charge on any atom is -0.461 e. The molecule has 2 unspecified atom stereocenters. The minimum absolute atomic E-state index is 0.142. The highest BCUT2D eigenvalue weighted by Crippen LogP contribution is 2.17. The lowest BCUT2D eigenvalue weighted by Crippen LogP contribution is -2.42. The van der Waals surface area contributed by atoms with Crippen LogP contribution in [-0.4, -0.2) is 30.9 Å². The summed E-state index contributed by atoms with van der Waals surface area (Å²) in [5.74, 6) is -2.02. The van der Waals surface area contributed by atoms with Crippen molar-refractivity contribution in [3.63, 3.8) is 0 Å². The third-order valence-electron chi connectivity index (χ3n) is 3.01. The van der Waals surface area contributed by atoms with Crippen molar-refractivity contribution in [1.82, 2.24) is 0 Å². The molecule has 0 saturated carbocycles. The molecule has 6 heteroatoms. The van der Waals surface area contributed by atoms with Crippen LogP contribution < -0.4 is 5.73 Å². The van der Waals surface area contributed by atoms with Gasteiger partial charge in [-0.3, -0.25) is 9.59 Å². The maximum Gasteiger partial charge on any atom is 0.314 e. The summed E-state index contributed by atoms with van der Waals surface area (Å²) >= 11 is 0. The molecule has 1 rings (SSSR count). The Balaban J connectivity index is 2.62. The van der Waals surface area contributed by atoms with Crippen LogP contribution in [0.25, 0.3) is 0 Å². The molecule has 6 nitrogen and oxygen atoms in total. The molecule has 1 aromatic carbocycles. The van der Waals surface area contributed by atoms with Gasteiger partial charge in [-0.1, -0.05) is 30.3 Å². The number of hydrogen-bond acceptors (Lipinski definition) is 6. The number of carbonyl (C=O) groups excluding carboxylic acids is 2. The average Bonchev–Trinajstić information content (AvgIpc) is 2.49. The van der Waals surface area contributed by atoms with E-state index in [1.165, 1.54) is 7.11 Å². The van der Waals surface area contributed by atoms with Gasteiger partial charge in [0.1, 0.15) is 24.4 Å². The van der Waals surface area contributed by atoms with E-state index < -0.39 is 29.7 Å². The molecule has 2 N–H and O–H groups in total. The largest absolute Gasteiger partial charge is 0.461 e. The van der Waals surface area contributed by atoms with Crippen LogP contribution >= 0.6 is 0 Å². The Morgan fingerprint density at radius 2 is 1.78 bits per heavy atom. The van der Waals surface area contributed by atoms with Crippen molar-refractivity contribution in [3.05, 3.63) is 35.9 Å². The maximum absolute atomic E-state index is 12.2. The van der Waals surface area contributed by atoms with Crippen molar-refractivity contribution in [2.45, 2.75) is 45.6 Å². The van der Waals surface area contributed by atoms with Gasteiger partial charge < -0.3 is 19.9 Å². The molecule has 0 bridgehead atoms. The molecule has 0 spiro atoms. The molecule has 0 aliphatic heterocycles. The van der Waals surface area contributed by atoms with E-state index in [-0.39, 0.29) is 13.0 Å². The Morgan fingerprint density at radius 1 is 1.17 bits per heavy atom. The molecular weight excluding hydrogens is 298 g/mol. The SMILES string of the molecule is COC(N)C(CC(=O)OCc1ccccc1)C(=O)OC(C)(C)C. The highest BCUT2D eigenvalue weighted by Gasteiger charge is 2.33. The second kappa shape index (κ2) is 8.64. The smallest absolute Gasteiger partial charge is 0.314 e. The highest BCUT2D eigenvalue weighted by molar-refractivity contribution is 5.80. The summed E-state index contributed by atoms with van der Waals surface area (Å²) < 4.78 is 15.4.